The summed E-state index contributed by atoms with van der Waals surface area (Å²) >= 11 is 2.23. The summed E-state index contributed by atoms with van der Waals surface area (Å²) < 4.78 is 1.15. The molecule has 2 rings (SSSR count). The van der Waals surface area contributed by atoms with Gasteiger partial charge in [0.2, 0.25) is 0 Å². The highest BCUT2D eigenvalue weighted by Crippen LogP contribution is 2.16. The zero-order valence-electron chi connectivity index (χ0n) is 7.48. The Morgan fingerprint density at radius 1 is 1.07 bits per heavy atom. The van der Waals surface area contributed by atoms with Crippen molar-refractivity contribution in [2.45, 2.75) is 0 Å². The molecule has 1 nitrogen and oxygen atoms in total. The van der Waals surface area contributed by atoms with Gasteiger partial charge in [-0.05, 0) is 34.7 Å². The highest BCUT2D eigenvalue weighted by molar-refractivity contribution is 14.1. The fourth-order valence-electron chi connectivity index (χ4n) is 1.41. The van der Waals surface area contributed by atoms with Gasteiger partial charge in [0.25, 0.3) is 0 Å². The molecule has 1 aliphatic rings. The summed E-state index contributed by atoms with van der Waals surface area (Å²) in [5.41, 5.74) is 0.784. The summed E-state index contributed by atoms with van der Waals surface area (Å²) in [6.45, 7) is 0. The van der Waals surface area contributed by atoms with Gasteiger partial charge in [-0.25, -0.2) is 0 Å². The fourth-order valence-corrected chi connectivity index (χ4v) is 1.77. The monoisotopic (exact) mass is 296 g/mol. The molecule has 0 radical (unpaired) electrons. The smallest absolute Gasteiger partial charge is 0.173 e. The van der Waals surface area contributed by atoms with Crippen molar-refractivity contribution in [2.75, 3.05) is 0 Å². The maximum Gasteiger partial charge on any atom is 0.173 e. The molecular weight excluding hydrogens is 287 g/mol. The van der Waals surface area contributed by atoms with Crippen molar-refractivity contribution in [3.63, 3.8) is 0 Å². The van der Waals surface area contributed by atoms with Crippen LogP contribution in [-0.4, -0.2) is 5.78 Å². The molecule has 0 N–H and O–H groups in total. The Hall–Kier alpha value is -0.900. The zero-order valence-corrected chi connectivity index (χ0v) is 9.64. The molecule has 1 aliphatic carbocycles. The summed E-state index contributed by atoms with van der Waals surface area (Å²) in [6.07, 6.45) is 7.66. The van der Waals surface area contributed by atoms with Crippen molar-refractivity contribution >= 4 is 28.4 Å². The van der Waals surface area contributed by atoms with Crippen LogP contribution in [0.2, 0.25) is 0 Å². The summed E-state index contributed by atoms with van der Waals surface area (Å²) in [5.74, 6) is 0.112. The predicted octanol–water partition coefficient (Wildman–Crippen LogP) is 3.22. The van der Waals surface area contributed by atoms with Crippen molar-refractivity contribution in [3.05, 3.63) is 57.7 Å². The van der Waals surface area contributed by atoms with Gasteiger partial charge in [-0.3, -0.25) is 4.79 Å². The average molecular weight is 296 g/mol. The van der Waals surface area contributed by atoms with Crippen LogP contribution in [0.5, 0.6) is 0 Å². The minimum absolute atomic E-state index is 0.0601. The Labute approximate surface area is 96.7 Å². The molecule has 0 amide bonds. The first kappa shape index (κ1) is 9.65. The highest BCUT2D eigenvalue weighted by Gasteiger charge is 2.15. The van der Waals surface area contributed by atoms with Gasteiger partial charge in [0.05, 0.1) is 5.92 Å². The lowest BCUT2D eigenvalue weighted by Gasteiger charge is -2.04. The largest absolute Gasteiger partial charge is 0.293 e. The van der Waals surface area contributed by atoms with Crippen LogP contribution in [0, 0.1) is 9.49 Å². The van der Waals surface area contributed by atoms with Gasteiger partial charge in [-0.2, -0.15) is 0 Å². The molecule has 0 spiro atoms. The van der Waals surface area contributed by atoms with Crippen LogP contribution >= 0.6 is 22.6 Å². The van der Waals surface area contributed by atoms with Gasteiger partial charge in [0.15, 0.2) is 5.78 Å². The molecule has 70 valence electrons. The van der Waals surface area contributed by atoms with Crippen LogP contribution < -0.4 is 0 Å². The Morgan fingerprint density at radius 3 is 2.21 bits per heavy atom. The van der Waals surface area contributed by atoms with Crippen molar-refractivity contribution < 1.29 is 4.79 Å². The number of benzene rings is 1. The van der Waals surface area contributed by atoms with Crippen LogP contribution in [-0.2, 0) is 0 Å². The van der Waals surface area contributed by atoms with E-state index in [1.165, 1.54) is 0 Å². The van der Waals surface area contributed by atoms with E-state index < -0.39 is 0 Å². The molecule has 0 aliphatic heterocycles. The van der Waals surface area contributed by atoms with Gasteiger partial charge in [0.1, 0.15) is 0 Å². The predicted molar refractivity (Wildman–Crippen MR) is 65.3 cm³/mol. The number of rotatable bonds is 2. The number of carbonyl (C=O) groups is 1. The van der Waals surface area contributed by atoms with Gasteiger partial charge in [-0.1, -0.05) is 36.4 Å². The summed E-state index contributed by atoms with van der Waals surface area (Å²) in [4.78, 5) is 11.9. The lowest BCUT2D eigenvalue weighted by Crippen LogP contribution is -2.08. The van der Waals surface area contributed by atoms with Gasteiger partial charge in [0, 0.05) is 9.13 Å². The molecule has 1 aromatic carbocycles. The van der Waals surface area contributed by atoms with Gasteiger partial charge >= 0.3 is 0 Å². The highest BCUT2D eigenvalue weighted by atomic mass is 127. The summed E-state index contributed by atoms with van der Waals surface area (Å²) in [7, 11) is 0. The van der Waals surface area contributed by atoms with Crippen molar-refractivity contribution in [2.24, 2.45) is 5.92 Å². The minimum atomic E-state index is -0.0601. The van der Waals surface area contributed by atoms with Gasteiger partial charge < -0.3 is 0 Å². The number of halogens is 1. The summed E-state index contributed by atoms with van der Waals surface area (Å²) in [5, 5.41) is 0. The zero-order chi connectivity index (χ0) is 9.97. The van der Waals surface area contributed by atoms with Crippen LogP contribution in [0.1, 0.15) is 10.4 Å². The van der Waals surface area contributed by atoms with E-state index in [-0.39, 0.29) is 11.7 Å². The lowest BCUT2D eigenvalue weighted by molar-refractivity contribution is 0.0966. The quantitative estimate of drug-likeness (QED) is 0.605. The molecule has 0 heterocycles. The maximum absolute atomic E-state index is 11.9. The first-order chi connectivity index (χ1) is 6.77. The van der Waals surface area contributed by atoms with Gasteiger partial charge in [-0.15, -0.1) is 0 Å². The molecule has 0 bridgehead atoms. The first-order valence-electron chi connectivity index (χ1n) is 4.42. The standard InChI is InChI=1S/C12H9IO/c13-11-7-5-10(6-8-11)12(14)9-3-1-2-4-9/h1-9H. The third-order valence-corrected chi connectivity index (χ3v) is 2.90. The number of hydrogen-bond acceptors (Lipinski definition) is 1. The van der Waals surface area contributed by atoms with E-state index in [0.29, 0.717) is 0 Å². The van der Waals surface area contributed by atoms with E-state index in [2.05, 4.69) is 22.6 Å². The third-order valence-electron chi connectivity index (χ3n) is 2.18. The number of carbonyl (C=O) groups excluding carboxylic acids is 1. The molecule has 0 aromatic heterocycles. The molecule has 2 heteroatoms. The van der Waals surface area contributed by atoms with Crippen molar-refractivity contribution in [3.8, 4) is 0 Å². The molecule has 0 fully saturated rings. The van der Waals surface area contributed by atoms with Crippen molar-refractivity contribution in [1.82, 2.24) is 0 Å². The van der Waals surface area contributed by atoms with E-state index in [4.69, 9.17) is 0 Å². The SMILES string of the molecule is O=C(c1ccc(I)cc1)C1C=CC=C1. The van der Waals surface area contributed by atoms with E-state index in [0.717, 1.165) is 9.13 Å². The first-order valence-corrected chi connectivity index (χ1v) is 5.50. The topological polar surface area (TPSA) is 17.1 Å². The van der Waals surface area contributed by atoms with E-state index in [9.17, 15) is 4.79 Å². The normalized spacial score (nSPS) is 14.9. The molecular formula is C12H9IO. The number of hydrogen-bond donors (Lipinski definition) is 0. The van der Waals surface area contributed by atoms with Crippen LogP contribution in [0.4, 0.5) is 0 Å². The van der Waals surface area contributed by atoms with E-state index >= 15 is 0 Å². The Bertz CT molecular complexity index is 389. The second kappa shape index (κ2) is 4.09. The van der Waals surface area contributed by atoms with Crippen LogP contribution in [0.3, 0.4) is 0 Å². The molecule has 0 atom stereocenters. The van der Waals surface area contributed by atoms with Crippen molar-refractivity contribution in [1.29, 1.82) is 0 Å². The second-order valence-electron chi connectivity index (χ2n) is 3.17. The molecule has 0 unspecified atom stereocenters. The Morgan fingerprint density at radius 2 is 1.64 bits per heavy atom. The third kappa shape index (κ3) is 1.95. The summed E-state index contributed by atoms with van der Waals surface area (Å²) in [6, 6.07) is 7.67. The molecule has 0 saturated heterocycles. The van der Waals surface area contributed by atoms with E-state index in [1.54, 1.807) is 0 Å². The molecule has 1 aromatic rings. The lowest BCUT2D eigenvalue weighted by atomic mass is 9.99. The number of ketones is 1. The van der Waals surface area contributed by atoms with Crippen LogP contribution in [0.15, 0.2) is 48.6 Å². The van der Waals surface area contributed by atoms with Crippen LogP contribution in [0.25, 0.3) is 0 Å². The Kier molecular flexibility index (Phi) is 2.82. The minimum Gasteiger partial charge on any atom is -0.293 e. The molecule has 14 heavy (non-hydrogen) atoms. The second-order valence-corrected chi connectivity index (χ2v) is 4.41. The number of Topliss-reactive ketones (excluding diaryl/α,β-unsaturated/α-hetero) is 1. The fraction of sp³-hybridized carbons (Fsp3) is 0.0833. The van der Waals surface area contributed by atoms with E-state index in [1.807, 2.05) is 48.6 Å². The average Bonchev–Trinajstić information content (AvgIpc) is 2.71. The Balaban J connectivity index is 2.23. The number of allylic oxidation sites excluding steroid dienone is 4. The maximum atomic E-state index is 11.9. The molecule has 0 saturated carbocycles.